The number of hydrogen-bond acceptors (Lipinski definition) is 2. The van der Waals surface area contributed by atoms with Crippen molar-refractivity contribution in [2.75, 3.05) is 12.0 Å². The van der Waals surface area contributed by atoms with Crippen molar-refractivity contribution >= 4 is 24.4 Å². The van der Waals surface area contributed by atoms with E-state index in [1.807, 2.05) is 11.8 Å². The van der Waals surface area contributed by atoms with Gasteiger partial charge < -0.3 is 0 Å². The minimum absolute atomic E-state index is 0.208. The Morgan fingerprint density at radius 1 is 1.57 bits per heavy atom. The van der Waals surface area contributed by atoms with Gasteiger partial charge >= 0.3 is 0 Å². The summed E-state index contributed by atoms with van der Waals surface area (Å²) in [7, 11) is 0. The van der Waals surface area contributed by atoms with E-state index in [1.165, 1.54) is 0 Å². The van der Waals surface area contributed by atoms with E-state index in [-0.39, 0.29) is 4.75 Å². The van der Waals surface area contributed by atoms with Gasteiger partial charge in [0.15, 0.2) is 0 Å². The molecule has 44 valence electrons. The first kappa shape index (κ1) is 7.70. The summed E-state index contributed by atoms with van der Waals surface area (Å²) in [5.41, 5.74) is 0. The standard InChI is InChI=1S/C5H12S2/c1-5(2,6)4-7-3/h6H,4H2,1-3H3. The summed E-state index contributed by atoms with van der Waals surface area (Å²) in [6.45, 7) is 4.24. The summed E-state index contributed by atoms with van der Waals surface area (Å²) in [4.78, 5) is 0. The second kappa shape index (κ2) is 2.88. The van der Waals surface area contributed by atoms with Crippen molar-refractivity contribution in [3.05, 3.63) is 0 Å². The van der Waals surface area contributed by atoms with E-state index in [0.29, 0.717) is 0 Å². The first-order valence-corrected chi connectivity index (χ1v) is 4.12. The van der Waals surface area contributed by atoms with E-state index >= 15 is 0 Å². The molecule has 0 nitrogen and oxygen atoms in total. The molecule has 0 N–H and O–H groups in total. The summed E-state index contributed by atoms with van der Waals surface area (Å²) in [6, 6.07) is 0. The summed E-state index contributed by atoms with van der Waals surface area (Å²) < 4.78 is 0.208. The maximum absolute atomic E-state index is 4.31. The van der Waals surface area contributed by atoms with E-state index in [9.17, 15) is 0 Å². The highest BCUT2D eigenvalue weighted by atomic mass is 32.2. The van der Waals surface area contributed by atoms with Gasteiger partial charge in [-0.15, -0.1) is 0 Å². The van der Waals surface area contributed by atoms with Crippen LogP contribution in [0.25, 0.3) is 0 Å². The van der Waals surface area contributed by atoms with Crippen LogP contribution in [0.3, 0.4) is 0 Å². The molecule has 0 rings (SSSR count). The Bertz CT molecular complexity index is 44.5. The van der Waals surface area contributed by atoms with Crippen LogP contribution in [0, 0.1) is 0 Å². The highest BCUT2D eigenvalue weighted by Gasteiger charge is 2.08. The number of hydrogen-bond donors (Lipinski definition) is 1. The lowest BCUT2D eigenvalue weighted by atomic mass is 10.2. The molecule has 0 heterocycles. The molecule has 0 saturated heterocycles. The van der Waals surface area contributed by atoms with E-state index in [0.717, 1.165) is 5.75 Å². The zero-order chi connectivity index (χ0) is 5.91. The van der Waals surface area contributed by atoms with Gasteiger partial charge in [-0.3, -0.25) is 0 Å². The van der Waals surface area contributed by atoms with Crippen molar-refractivity contribution in [1.29, 1.82) is 0 Å². The average molecular weight is 136 g/mol. The summed E-state index contributed by atoms with van der Waals surface area (Å²) >= 11 is 6.15. The van der Waals surface area contributed by atoms with Crippen molar-refractivity contribution in [2.45, 2.75) is 18.6 Å². The van der Waals surface area contributed by atoms with Gasteiger partial charge in [0.05, 0.1) is 0 Å². The molecule has 0 aromatic rings. The molecule has 7 heavy (non-hydrogen) atoms. The van der Waals surface area contributed by atoms with E-state index in [1.54, 1.807) is 0 Å². The highest BCUT2D eigenvalue weighted by molar-refractivity contribution is 7.99. The number of thioether (sulfide) groups is 1. The number of thiol groups is 1. The molecular weight excluding hydrogens is 124 g/mol. The molecule has 0 amide bonds. The predicted octanol–water partition coefficient (Wildman–Crippen LogP) is 2.06. The Kier molecular flexibility index (Phi) is 3.16. The van der Waals surface area contributed by atoms with Crippen molar-refractivity contribution in [3.8, 4) is 0 Å². The van der Waals surface area contributed by atoms with Crippen LogP contribution < -0.4 is 0 Å². The molecule has 0 aliphatic rings. The van der Waals surface area contributed by atoms with Crippen molar-refractivity contribution in [3.63, 3.8) is 0 Å². The quantitative estimate of drug-likeness (QED) is 0.567. The van der Waals surface area contributed by atoms with Crippen LogP contribution >= 0.6 is 24.4 Å². The zero-order valence-electron chi connectivity index (χ0n) is 5.06. The molecule has 0 atom stereocenters. The zero-order valence-corrected chi connectivity index (χ0v) is 6.77. The van der Waals surface area contributed by atoms with Crippen molar-refractivity contribution in [1.82, 2.24) is 0 Å². The molecule has 0 bridgehead atoms. The van der Waals surface area contributed by atoms with Crippen LogP contribution in [0.2, 0.25) is 0 Å². The van der Waals surface area contributed by atoms with Gasteiger partial charge in [-0.1, -0.05) is 13.8 Å². The Hall–Kier alpha value is 0.700. The normalized spacial score (nSPS) is 12.0. The number of rotatable bonds is 2. The van der Waals surface area contributed by atoms with Crippen LogP contribution in [0.5, 0.6) is 0 Å². The summed E-state index contributed by atoms with van der Waals surface area (Å²) in [5.74, 6) is 1.12. The van der Waals surface area contributed by atoms with Crippen molar-refractivity contribution in [2.24, 2.45) is 0 Å². The maximum Gasteiger partial charge on any atom is 0.0163 e. The van der Waals surface area contributed by atoms with Crippen LogP contribution in [0.1, 0.15) is 13.8 Å². The minimum atomic E-state index is 0.208. The molecular formula is C5H12S2. The van der Waals surface area contributed by atoms with Gasteiger partial charge in [0.2, 0.25) is 0 Å². The molecule has 0 aliphatic carbocycles. The molecule has 0 aromatic carbocycles. The van der Waals surface area contributed by atoms with Crippen LogP contribution in [-0.2, 0) is 0 Å². The Morgan fingerprint density at radius 2 is 2.00 bits per heavy atom. The van der Waals surface area contributed by atoms with E-state index < -0.39 is 0 Å². The molecule has 0 aliphatic heterocycles. The second-order valence-electron chi connectivity index (χ2n) is 2.25. The van der Waals surface area contributed by atoms with Gasteiger partial charge in [0.25, 0.3) is 0 Å². The van der Waals surface area contributed by atoms with Gasteiger partial charge in [-0.2, -0.15) is 24.4 Å². The second-order valence-corrected chi connectivity index (χ2v) is 4.32. The molecule has 0 saturated carbocycles. The van der Waals surface area contributed by atoms with Crippen LogP contribution in [0.15, 0.2) is 0 Å². The first-order valence-electron chi connectivity index (χ1n) is 2.27. The van der Waals surface area contributed by atoms with E-state index in [2.05, 4.69) is 32.7 Å². The fraction of sp³-hybridized carbons (Fsp3) is 1.00. The molecule has 0 spiro atoms. The predicted molar refractivity (Wildman–Crippen MR) is 41.4 cm³/mol. The third-order valence-corrected chi connectivity index (χ3v) is 1.88. The van der Waals surface area contributed by atoms with Crippen LogP contribution in [-0.4, -0.2) is 16.8 Å². The minimum Gasteiger partial charge on any atom is -0.172 e. The Balaban J connectivity index is 3.15. The molecule has 0 radical (unpaired) electrons. The fourth-order valence-corrected chi connectivity index (χ4v) is 1.45. The third kappa shape index (κ3) is 6.70. The van der Waals surface area contributed by atoms with Crippen LogP contribution in [0.4, 0.5) is 0 Å². The first-order chi connectivity index (χ1) is 3.06. The lowest BCUT2D eigenvalue weighted by Gasteiger charge is -2.13. The molecule has 0 aromatic heterocycles. The molecule has 2 heteroatoms. The smallest absolute Gasteiger partial charge is 0.0163 e. The van der Waals surface area contributed by atoms with Gasteiger partial charge in [-0.25, -0.2) is 0 Å². The van der Waals surface area contributed by atoms with Crippen molar-refractivity contribution < 1.29 is 0 Å². The van der Waals surface area contributed by atoms with Gasteiger partial charge in [0.1, 0.15) is 0 Å². The fourth-order valence-electron chi connectivity index (χ4n) is 0.353. The average Bonchev–Trinajstić information content (AvgIpc) is 1.30. The monoisotopic (exact) mass is 136 g/mol. The van der Waals surface area contributed by atoms with E-state index in [4.69, 9.17) is 0 Å². The van der Waals surface area contributed by atoms with Gasteiger partial charge in [-0.05, 0) is 6.26 Å². The Morgan fingerprint density at radius 3 is 2.00 bits per heavy atom. The summed E-state index contributed by atoms with van der Waals surface area (Å²) in [5, 5.41) is 0. The largest absolute Gasteiger partial charge is 0.172 e. The summed E-state index contributed by atoms with van der Waals surface area (Å²) in [6.07, 6.45) is 2.10. The van der Waals surface area contributed by atoms with Gasteiger partial charge in [0, 0.05) is 10.5 Å². The Labute approximate surface area is 55.5 Å². The molecule has 0 unspecified atom stereocenters. The SMILES string of the molecule is CSCC(C)(C)S. The lowest BCUT2D eigenvalue weighted by Crippen LogP contribution is -2.12. The highest BCUT2D eigenvalue weighted by Crippen LogP contribution is 2.16. The third-order valence-electron chi connectivity index (χ3n) is 0.498. The maximum atomic E-state index is 4.31. The molecule has 0 fully saturated rings. The topological polar surface area (TPSA) is 0 Å². The lowest BCUT2D eigenvalue weighted by molar-refractivity contribution is 0.827.